The van der Waals surface area contributed by atoms with Crippen LogP contribution in [0, 0.1) is 5.92 Å². The van der Waals surface area contributed by atoms with Crippen molar-refractivity contribution in [2.24, 2.45) is 11.8 Å². The Morgan fingerprint density at radius 1 is 1.80 bits per heavy atom. The lowest BCUT2D eigenvalue weighted by Gasteiger charge is -2.18. The highest BCUT2D eigenvalue weighted by Crippen LogP contribution is 2.14. The third-order valence-electron chi connectivity index (χ3n) is 1.72. The summed E-state index contributed by atoms with van der Waals surface area (Å²) in [5, 5.41) is 1.16. The van der Waals surface area contributed by atoms with Gasteiger partial charge in [-0.1, -0.05) is 13.8 Å². The molecule has 1 heterocycles. The second-order valence-corrected chi connectivity index (χ2v) is 2.80. The first-order valence-electron chi connectivity index (χ1n) is 3.33. The number of carbonyl (C=O) groups is 1. The lowest BCUT2D eigenvalue weighted by Crippen LogP contribution is -2.42. The summed E-state index contributed by atoms with van der Waals surface area (Å²) in [6, 6.07) is 0.0486. The number of rotatable bonds is 1. The molecule has 0 saturated carbocycles. The van der Waals surface area contributed by atoms with Gasteiger partial charge in [0.1, 0.15) is 6.61 Å². The molecule has 1 aliphatic rings. The zero-order valence-corrected chi connectivity index (χ0v) is 6.20. The van der Waals surface area contributed by atoms with Gasteiger partial charge in [-0.3, -0.25) is 0 Å². The van der Waals surface area contributed by atoms with Crippen molar-refractivity contribution < 1.29 is 9.53 Å². The Kier molecular flexibility index (Phi) is 1.80. The van der Waals surface area contributed by atoms with Crippen LogP contribution in [0.5, 0.6) is 0 Å². The molecule has 1 aliphatic heterocycles. The minimum atomic E-state index is -0.418. The normalized spacial score (nSPS) is 25.8. The van der Waals surface area contributed by atoms with Crippen molar-refractivity contribution in [3.05, 3.63) is 0 Å². The highest BCUT2D eigenvalue weighted by atomic mass is 16.6. The fourth-order valence-electron chi connectivity index (χ4n) is 0.961. The number of cyclic esters (lactones) is 1. The molecule has 0 aliphatic carbocycles. The van der Waals surface area contributed by atoms with E-state index in [9.17, 15) is 4.79 Å². The van der Waals surface area contributed by atoms with E-state index in [1.165, 1.54) is 0 Å². The van der Waals surface area contributed by atoms with Crippen molar-refractivity contribution in [1.29, 1.82) is 0 Å². The molecule has 1 saturated heterocycles. The van der Waals surface area contributed by atoms with Crippen LogP contribution in [0.2, 0.25) is 0 Å². The van der Waals surface area contributed by atoms with Crippen LogP contribution in [0.4, 0.5) is 4.79 Å². The number of hydrogen-bond acceptors (Lipinski definition) is 3. The summed E-state index contributed by atoms with van der Waals surface area (Å²) in [6.07, 6.45) is -0.418. The van der Waals surface area contributed by atoms with Gasteiger partial charge < -0.3 is 4.74 Å². The molecule has 0 aromatic rings. The topological polar surface area (TPSA) is 55.6 Å². The minimum Gasteiger partial charge on any atom is -0.446 e. The molecule has 0 unspecified atom stereocenters. The number of amides is 1. The standard InChI is InChI=1S/C6H12N2O2/c1-4(2)5-3-10-6(9)8(5)7/h4-5H,3,7H2,1-2H3/t5-/m1/s1. The van der Waals surface area contributed by atoms with Crippen molar-refractivity contribution in [3.63, 3.8) is 0 Å². The number of hydrogen-bond donors (Lipinski definition) is 1. The van der Waals surface area contributed by atoms with Gasteiger partial charge in [0.25, 0.3) is 0 Å². The molecule has 10 heavy (non-hydrogen) atoms. The van der Waals surface area contributed by atoms with Crippen molar-refractivity contribution in [2.45, 2.75) is 19.9 Å². The van der Waals surface area contributed by atoms with E-state index in [-0.39, 0.29) is 6.04 Å². The average Bonchev–Trinajstić information content (AvgIpc) is 2.14. The first-order valence-corrected chi connectivity index (χ1v) is 3.33. The van der Waals surface area contributed by atoms with Gasteiger partial charge in [-0.15, -0.1) is 0 Å². The summed E-state index contributed by atoms with van der Waals surface area (Å²) in [6.45, 7) is 4.44. The molecular weight excluding hydrogens is 132 g/mol. The van der Waals surface area contributed by atoms with Crippen LogP contribution in [0.15, 0.2) is 0 Å². The van der Waals surface area contributed by atoms with Gasteiger partial charge in [-0.2, -0.15) is 0 Å². The highest BCUT2D eigenvalue weighted by Gasteiger charge is 2.32. The van der Waals surface area contributed by atoms with Crippen LogP contribution in [-0.2, 0) is 4.74 Å². The van der Waals surface area contributed by atoms with E-state index in [0.717, 1.165) is 5.01 Å². The molecule has 4 nitrogen and oxygen atoms in total. The van der Waals surface area contributed by atoms with E-state index in [4.69, 9.17) is 10.6 Å². The summed E-state index contributed by atoms with van der Waals surface area (Å²) >= 11 is 0. The van der Waals surface area contributed by atoms with Gasteiger partial charge in [-0.05, 0) is 5.92 Å². The molecule has 1 rings (SSSR count). The zero-order valence-electron chi connectivity index (χ0n) is 6.20. The molecule has 1 fully saturated rings. The maximum absolute atomic E-state index is 10.7. The van der Waals surface area contributed by atoms with Crippen LogP contribution in [0.3, 0.4) is 0 Å². The van der Waals surface area contributed by atoms with Crippen LogP contribution in [-0.4, -0.2) is 23.8 Å². The number of carbonyl (C=O) groups excluding carboxylic acids is 1. The van der Waals surface area contributed by atoms with Crippen molar-refractivity contribution in [3.8, 4) is 0 Å². The molecule has 0 bridgehead atoms. The van der Waals surface area contributed by atoms with Crippen LogP contribution >= 0.6 is 0 Å². The average molecular weight is 144 g/mol. The summed E-state index contributed by atoms with van der Waals surface area (Å²) in [7, 11) is 0. The largest absolute Gasteiger partial charge is 0.446 e. The van der Waals surface area contributed by atoms with E-state index in [1.807, 2.05) is 13.8 Å². The number of nitrogens with two attached hydrogens (primary N) is 1. The third kappa shape index (κ3) is 1.07. The highest BCUT2D eigenvalue weighted by molar-refractivity contribution is 5.69. The monoisotopic (exact) mass is 144 g/mol. The Bertz CT molecular complexity index is 147. The zero-order chi connectivity index (χ0) is 7.72. The smallest absolute Gasteiger partial charge is 0.424 e. The fraction of sp³-hybridized carbons (Fsp3) is 0.833. The molecule has 0 aromatic heterocycles. The molecule has 4 heteroatoms. The molecule has 1 atom stereocenters. The van der Waals surface area contributed by atoms with E-state index in [0.29, 0.717) is 12.5 Å². The molecule has 0 radical (unpaired) electrons. The summed E-state index contributed by atoms with van der Waals surface area (Å²) in [5.41, 5.74) is 0. The van der Waals surface area contributed by atoms with Crippen LogP contribution < -0.4 is 5.84 Å². The summed E-state index contributed by atoms with van der Waals surface area (Å²) in [5.74, 6) is 5.74. The van der Waals surface area contributed by atoms with E-state index < -0.39 is 6.09 Å². The summed E-state index contributed by atoms with van der Waals surface area (Å²) in [4.78, 5) is 10.7. The predicted octanol–water partition coefficient (Wildman–Crippen LogP) is 0.337. The lowest BCUT2D eigenvalue weighted by molar-refractivity contribution is 0.157. The van der Waals surface area contributed by atoms with Crippen LogP contribution in [0.25, 0.3) is 0 Å². The van der Waals surface area contributed by atoms with E-state index in [1.54, 1.807) is 0 Å². The fourth-order valence-corrected chi connectivity index (χ4v) is 0.961. The SMILES string of the molecule is CC(C)[C@H]1COC(=O)N1N. The number of ether oxygens (including phenoxy) is 1. The van der Waals surface area contributed by atoms with Crippen molar-refractivity contribution >= 4 is 6.09 Å². The minimum absolute atomic E-state index is 0.0486. The van der Waals surface area contributed by atoms with Crippen molar-refractivity contribution in [1.82, 2.24) is 5.01 Å². The molecule has 0 aromatic carbocycles. The molecule has 58 valence electrons. The Hall–Kier alpha value is -0.770. The Morgan fingerprint density at radius 2 is 2.40 bits per heavy atom. The van der Waals surface area contributed by atoms with Gasteiger partial charge in [0.15, 0.2) is 0 Å². The second-order valence-electron chi connectivity index (χ2n) is 2.80. The quantitative estimate of drug-likeness (QED) is 0.426. The molecular formula is C6H12N2O2. The van der Waals surface area contributed by atoms with Crippen LogP contribution in [0.1, 0.15) is 13.8 Å². The maximum Gasteiger partial charge on any atom is 0.424 e. The van der Waals surface area contributed by atoms with Gasteiger partial charge >= 0.3 is 6.09 Å². The predicted molar refractivity (Wildman–Crippen MR) is 36.0 cm³/mol. The van der Waals surface area contributed by atoms with E-state index >= 15 is 0 Å². The van der Waals surface area contributed by atoms with Gasteiger partial charge in [0.05, 0.1) is 6.04 Å². The molecule has 0 spiro atoms. The molecule has 2 N–H and O–H groups in total. The Balaban J connectivity index is 2.57. The number of nitrogens with zero attached hydrogens (tertiary/aromatic N) is 1. The first-order chi connectivity index (χ1) is 4.63. The van der Waals surface area contributed by atoms with Gasteiger partial charge in [0.2, 0.25) is 0 Å². The van der Waals surface area contributed by atoms with Gasteiger partial charge in [0, 0.05) is 0 Å². The second kappa shape index (κ2) is 2.46. The first kappa shape index (κ1) is 7.34. The molecule has 1 amide bonds. The van der Waals surface area contributed by atoms with E-state index in [2.05, 4.69) is 0 Å². The Morgan fingerprint density at radius 3 is 2.60 bits per heavy atom. The third-order valence-corrected chi connectivity index (χ3v) is 1.72. The number of hydrazine groups is 1. The lowest BCUT2D eigenvalue weighted by atomic mass is 10.1. The maximum atomic E-state index is 10.7. The van der Waals surface area contributed by atoms with Gasteiger partial charge in [-0.25, -0.2) is 15.6 Å². The summed E-state index contributed by atoms with van der Waals surface area (Å²) < 4.78 is 4.70. The van der Waals surface area contributed by atoms with Crippen molar-refractivity contribution in [2.75, 3.05) is 6.61 Å². The Labute approximate surface area is 59.9 Å².